The standard InChI is InChI=1S/C26H26N4O/c27-26(31)25(24-6-5-22-3-1-2-4-23(22)19-24)30(17-11-20-7-13-28-14-8-20)18-12-21-9-15-29-16-10-21/h1-10,13-16,19,25H,11-12,17-18H2,(H2,27,31). The van der Waals surface area contributed by atoms with E-state index in [9.17, 15) is 4.79 Å². The number of hydrogen-bond acceptors (Lipinski definition) is 4. The van der Waals surface area contributed by atoms with Crippen LogP contribution in [-0.4, -0.2) is 33.9 Å². The van der Waals surface area contributed by atoms with Crippen molar-refractivity contribution >= 4 is 16.7 Å². The molecule has 5 heteroatoms. The Morgan fingerprint density at radius 3 is 1.87 bits per heavy atom. The first-order valence-corrected chi connectivity index (χ1v) is 10.5. The molecule has 0 saturated heterocycles. The van der Waals surface area contributed by atoms with Gasteiger partial charge in [-0.1, -0.05) is 36.4 Å². The second kappa shape index (κ2) is 9.96. The molecule has 1 atom stereocenters. The number of carbonyl (C=O) groups excluding carboxylic acids is 1. The molecule has 0 fully saturated rings. The molecule has 0 saturated carbocycles. The van der Waals surface area contributed by atoms with E-state index in [1.165, 1.54) is 11.1 Å². The number of pyridine rings is 2. The maximum atomic E-state index is 12.7. The lowest BCUT2D eigenvalue weighted by Gasteiger charge is -2.30. The number of nitrogens with two attached hydrogens (primary N) is 1. The molecule has 156 valence electrons. The Bertz CT molecular complexity index is 1090. The van der Waals surface area contributed by atoms with Crippen LogP contribution in [0.25, 0.3) is 10.8 Å². The van der Waals surface area contributed by atoms with Gasteiger partial charge in [0.15, 0.2) is 0 Å². The largest absolute Gasteiger partial charge is 0.368 e. The molecule has 0 spiro atoms. The summed E-state index contributed by atoms with van der Waals surface area (Å²) in [6, 6.07) is 21.9. The Balaban J connectivity index is 1.62. The topological polar surface area (TPSA) is 72.1 Å². The summed E-state index contributed by atoms with van der Waals surface area (Å²) in [6.07, 6.45) is 8.82. The van der Waals surface area contributed by atoms with Gasteiger partial charge in [0.2, 0.25) is 5.91 Å². The van der Waals surface area contributed by atoms with Gasteiger partial charge in [0.1, 0.15) is 6.04 Å². The molecule has 1 amide bonds. The fourth-order valence-corrected chi connectivity index (χ4v) is 3.95. The van der Waals surface area contributed by atoms with Crippen LogP contribution >= 0.6 is 0 Å². The molecule has 4 rings (SSSR count). The van der Waals surface area contributed by atoms with Crippen molar-refractivity contribution in [3.8, 4) is 0 Å². The number of carbonyl (C=O) groups is 1. The fraction of sp³-hybridized carbons (Fsp3) is 0.192. The molecule has 0 bridgehead atoms. The molecule has 31 heavy (non-hydrogen) atoms. The number of nitrogens with zero attached hydrogens (tertiary/aromatic N) is 3. The molecular formula is C26H26N4O. The highest BCUT2D eigenvalue weighted by Crippen LogP contribution is 2.25. The van der Waals surface area contributed by atoms with Gasteiger partial charge in [-0.25, -0.2) is 0 Å². The van der Waals surface area contributed by atoms with E-state index in [-0.39, 0.29) is 5.91 Å². The first-order valence-electron chi connectivity index (χ1n) is 10.5. The molecule has 1 unspecified atom stereocenters. The van der Waals surface area contributed by atoms with Crippen LogP contribution in [0.3, 0.4) is 0 Å². The Hall–Kier alpha value is -3.57. The predicted octanol–water partition coefficient (Wildman–Crippen LogP) is 3.94. The quantitative estimate of drug-likeness (QED) is 0.454. The lowest BCUT2D eigenvalue weighted by Crippen LogP contribution is -2.40. The zero-order valence-electron chi connectivity index (χ0n) is 17.4. The van der Waals surface area contributed by atoms with Crippen LogP contribution in [0, 0.1) is 0 Å². The summed E-state index contributed by atoms with van der Waals surface area (Å²) in [5.41, 5.74) is 9.25. The van der Waals surface area contributed by atoms with Crippen LogP contribution in [0.5, 0.6) is 0 Å². The highest BCUT2D eigenvalue weighted by atomic mass is 16.1. The molecule has 2 heterocycles. The van der Waals surface area contributed by atoms with E-state index in [2.05, 4.69) is 39.1 Å². The molecule has 0 aliphatic carbocycles. The van der Waals surface area contributed by atoms with Crippen LogP contribution in [0.1, 0.15) is 22.7 Å². The number of amides is 1. The van der Waals surface area contributed by atoms with E-state index >= 15 is 0 Å². The van der Waals surface area contributed by atoms with Crippen molar-refractivity contribution in [3.63, 3.8) is 0 Å². The lowest BCUT2D eigenvalue weighted by molar-refractivity contribution is -0.123. The third-order valence-electron chi connectivity index (χ3n) is 5.60. The van der Waals surface area contributed by atoms with Gasteiger partial charge in [0.05, 0.1) is 0 Å². The van der Waals surface area contributed by atoms with Gasteiger partial charge in [0, 0.05) is 37.9 Å². The zero-order chi connectivity index (χ0) is 21.5. The molecule has 2 N–H and O–H groups in total. The van der Waals surface area contributed by atoms with Gasteiger partial charge in [0.25, 0.3) is 0 Å². The summed E-state index contributed by atoms with van der Waals surface area (Å²) in [5.74, 6) is -0.334. The highest BCUT2D eigenvalue weighted by Gasteiger charge is 2.25. The highest BCUT2D eigenvalue weighted by molar-refractivity contribution is 5.86. The molecule has 5 nitrogen and oxygen atoms in total. The third kappa shape index (κ3) is 5.32. The molecule has 0 aliphatic heterocycles. The third-order valence-corrected chi connectivity index (χ3v) is 5.60. The zero-order valence-corrected chi connectivity index (χ0v) is 17.4. The van der Waals surface area contributed by atoms with Crippen LogP contribution in [0.2, 0.25) is 0 Å². The second-order valence-corrected chi connectivity index (χ2v) is 7.66. The normalized spacial score (nSPS) is 12.2. The Kier molecular flexibility index (Phi) is 6.65. The maximum absolute atomic E-state index is 12.7. The minimum atomic E-state index is -0.492. The van der Waals surface area contributed by atoms with Crippen molar-refractivity contribution in [2.45, 2.75) is 18.9 Å². The monoisotopic (exact) mass is 410 g/mol. The molecule has 0 radical (unpaired) electrons. The molecular weight excluding hydrogens is 384 g/mol. The van der Waals surface area contributed by atoms with E-state index < -0.39 is 6.04 Å². The summed E-state index contributed by atoms with van der Waals surface area (Å²) in [6.45, 7) is 1.44. The van der Waals surface area contributed by atoms with E-state index in [4.69, 9.17) is 5.73 Å². The Labute approximate surface area is 182 Å². The summed E-state index contributed by atoms with van der Waals surface area (Å²) in [4.78, 5) is 23.0. The van der Waals surface area contributed by atoms with E-state index in [1.807, 2.05) is 42.5 Å². The second-order valence-electron chi connectivity index (χ2n) is 7.66. The van der Waals surface area contributed by atoms with Crippen molar-refractivity contribution in [2.75, 3.05) is 13.1 Å². The van der Waals surface area contributed by atoms with Gasteiger partial charge in [-0.2, -0.15) is 0 Å². The van der Waals surface area contributed by atoms with Gasteiger partial charge in [-0.05, 0) is 70.6 Å². The van der Waals surface area contributed by atoms with Crippen molar-refractivity contribution < 1.29 is 4.79 Å². The molecule has 0 aliphatic rings. The SMILES string of the molecule is NC(=O)C(c1ccc2ccccc2c1)N(CCc1ccncc1)CCc1ccncc1. The average Bonchev–Trinajstić information content (AvgIpc) is 2.81. The summed E-state index contributed by atoms with van der Waals surface area (Å²) in [7, 11) is 0. The molecule has 4 aromatic rings. The molecule has 2 aromatic heterocycles. The molecule has 2 aromatic carbocycles. The predicted molar refractivity (Wildman–Crippen MR) is 123 cm³/mol. The summed E-state index contributed by atoms with van der Waals surface area (Å²) >= 11 is 0. The lowest BCUT2D eigenvalue weighted by atomic mass is 9.99. The average molecular weight is 411 g/mol. The number of hydrogen-bond donors (Lipinski definition) is 1. The minimum absolute atomic E-state index is 0.334. The van der Waals surface area contributed by atoms with Gasteiger partial charge < -0.3 is 5.73 Å². The van der Waals surface area contributed by atoms with Crippen molar-refractivity contribution in [3.05, 3.63) is 108 Å². The Morgan fingerprint density at radius 1 is 0.774 bits per heavy atom. The number of aromatic nitrogens is 2. The van der Waals surface area contributed by atoms with Gasteiger partial charge in [-0.3, -0.25) is 19.7 Å². The van der Waals surface area contributed by atoms with Crippen LogP contribution in [0.4, 0.5) is 0 Å². The van der Waals surface area contributed by atoms with E-state index in [0.29, 0.717) is 0 Å². The van der Waals surface area contributed by atoms with Crippen LogP contribution in [-0.2, 0) is 17.6 Å². The fourth-order valence-electron chi connectivity index (χ4n) is 3.95. The smallest absolute Gasteiger partial charge is 0.239 e. The van der Waals surface area contributed by atoms with Crippen molar-refractivity contribution in [1.82, 2.24) is 14.9 Å². The maximum Gasteiger partial charge on any atom is 0.239 e. The van der Waals surface area contributed by atoms with Gasteiger partial charge >= 0.3 is 0 Å². The Morgan fingerprint density at radius 2 is 1.32 bits per heavy atom. The van der Waals surface area contributed by atoms with Crippen LogP contribution < -0.4 is 5.73 Å². The number of primary amides is 1. The van der Waals surface area contributed by atoms with Crippen molar-refractivity contribution in [2.24, 2.45) is 5.73 Å². The minimum Gasteiger partial charge on any atom is -0.368 e. The first kappa shape index (κ1) is 20.7. The number of fused-ring (bicyclic) bond motifs is 1. The van der Waals surface area contributed by atoms with Gasteiger partial charge in [-0.15, -0.1) is 0 Å². The summed E-state index contributed by atoms with van der Waals surface area (Å²) in [5, 5.41) is 2.25. The van der Waals surface area contributed by atoms with E-state index in [1.54, 1.807) is 24.8 Å². The summed E-state index contributed by atoms with van der Waals surface area (Å²) < 4.78 is 0. The first-order chi connectivity index (χ1) is 15.2. The van der Waals surface area contributed by atoms with Crippen molar-refractivity contribution in [1.29, 1.82) is 0 Å². The van der Waals surface area contributed by atoms with Crippen LogP contribution in [0.15, 0.2) is 91.5 Å². The van der Waals surface area contributed by atoms with E-state index in [0.717, 1.165) is 42.3 Å². The number of benzene rings is 2. The number of rotatable bonds is 9.